The van der Waals surface area contributed by atoms with E-state index in [2.05, 4.69) is 38.8 Å². The van der Waals surface area contributed by atoms with Crippen molar-refractivity contribution in [3.8, 4) is 0 Å². The van der Waals surface area contributed by atoms with Crippen LogP contribution in [0.5, 0.6) is 0 Å². The summed E-state index contributed by atoms with van der Waals surface area (Å²) in [6.07, 6.45) is 6.86. The highest BCUT2D eigenvalue weighted by Gasteiger charge is 2.23. The summed E-state index contributed by atoms with van der Waals surface area (Å²) in [6, 6.07) is 10.1. The Balaban J connectivity index is 1.33. The van der Waals surface area contributed by atoms with E-state index < -0.39 is 0 Å². The molecule has 2 fully saturated rings. The first kappa shape index (κ1) is 19.8. The molecule has 154 valence electrons. The van der Waals surface area contributed by atoms with Gasteiger partial charge in [-0.3, -0.25) is 4.79 Å². The molecule has 3 heterocycles. The summed E-state index contributed by atoms with van der Waals surface area (Å²) in [7, 11) is 0. The topological polar surface area (TPSA) is 52.6 Å². The van der Waals surface area contributed by atoms with Crippen LogP contribution in [0.15, 0.2) is 42.7 Å². The molecular formula is C23H31N5O. The number of likely N-dealkylation sites (tertiary alicyclic amines) is 1. The van der Waals surface area contributed by atoms with Crippen LogP contribution < -0.4 is 4.90 Å². The Hall–Kier alpha value is -2.47. The largest absolute Gasteiger partial charge is 0.339 e. The number of carbonyl (C=O) groups is 1. The molecule has 0 radical (unpaired) electrons. The third-order valence-electron chi connectivity index (χ3n) is 6.16. The zero-order chi connectivity index (χ0) is 20.1. The number of rotatable bonds is 5. The van der Waals surface area contributed by atoms with E-state index in [-0.39, 0.29) is 5.91 Å². The molecule has 1 atom stereocenters. The molecule has 29 heavy (non-hydrogen) atoms. The van der Waals surface area contributed by atoms with Gasteiger partial charge in [0.15, 0.2) is 0 Å². The van der Waals surface area contributed by atoms with Gasteiger partial charge >= 0.3 is 0 Å². The molecule has 1 amide bonds. The second-order valence-corrected chi connectivity index (χ2v) is 8.13. The van der Waals surface area contributed by atoms with Crippen molar-refractivity contribution in [1.29, 1.82) is 0 Å². The van der Waals surface area contributed by atoms with Gasteiger partial charge in [0.1, 0.15) is 0 Å². The molecule has 0 aliphatic carbocycles. The molecule has 2 aliphatic heterocycles. The fraction of sp³-hybridized carbons (Fsp3) is 0.522. The van der Waals surface area contributed by atoms with Gasteiger partial charge in [-0.1, -0.05) is 19.1 Å². The van der Waals surface area contributed by atoms with Crippen LogP contribution in [0.3, 0.4) is 0 Å². The molecule has 0 spiro atoms. The van der Waals surface area contributed by atoms with E-state index >= 15 is 0 Å². The summed E-state index contributed by atoms with van der Waals surface area (Å²) >= 11 is 0. The molecule has 2 aromatic rings. The lowest BCUT2D eigenvalue weighted by Gasteiger charge is -2.22. The molecule has 0 saturated carbocycles. The molecule has 0 N–H and O–H groups in total. The van der Waals surface area contributed by atoms with E-state index in [1.165, 1.54) is 25.1 Å². The van der Waals surface area contributed by atoms with Gasteiger partial charge in [0.05, 0.1) is 0 Å². The van der Waals surface area contributed by atoms with Gasteiger partial charge in [0, 0.05) is 50.7 Å². The van der Waals surface area contributed by atoms with Crippen LogP contribution in [0, 0.1) is 5.92 Å². The van der Waals surface area contributed by atoms with E-state index in [0.29, 0.717) is 6.54 Å². The summed E-state index contributed by atoms with van der Waals surface area (Å²) in [6.45, 7) is 8.93. The van der Waals surface area contributed by atoms with Crippen molar-refractivity contribution < 1.29 is 4.79 Å². The van der Waals surface area contributed by atoms with Crippen molar-refractivity contribution in [2.75, 3.05) is 50.7 Å². The predicted molar refractivity (Wildman–Crippen MR) is 115 cm³/mol. The molecule has 1 aromatic carbocycles. The minimum atomic E-state index is 0.130. The van der Waals surface area contributed by atoms with Crippen LogP contribution >= 0.6 is 0 Å². The minimum Gasteiger partial charge on any atom is -0.339 e. The lowest BCUT2D eigenvalue weighted by atomic mass is 9.98. The average Bonchev–Trinajstić information content (AvgIpc) is 3.08. The number of benzene rings is 1. The Morgan fingerprint density at radius 2 is 1.83 bits per heavy atom. The SMILES string of the molecule is CCN1CCC(Cc2ccc(C(=O)N3CCCN(c4ncccn4)CC3)cc2)C1. The maximum absolute atomic E-state index is 13.0. The van der Waals surface area contributed by atoms with Gasteiger partial charge in [0.25, 0.3) is 5.91 Å². The van der Waals surface area contributed by atoms with Crippen LogP contribution in [0.1, 0.15) is 35.7 Å². The summed E-state index contributed by atoms with van der Waals surface area (Å²) in [4.78, 5) is 28.3. The summed E-state index contributed by atoms with van der Waals surface area (Å²) in [5, 5.41) is 0. The van der Waals surface area contributed by atoms with Crippen LogP contribution in [0.25, 0.3) is 0 Å². The smallest absolute Gasteiger partial charge is 0.253 e. The normalized spacial score (nSPS) is 20.7. The number of amides is 1. The maximum Gasteiger partial charge on any atom is 0.253 e. The van der Waals surface area contributed by atoms with Crippen molar-refractivity contribution in [1.82, 2.24) is 19.8 Å². The van der Waals surface area contributed by atoms with Gasteiger partial charge in [-0.25, -0.2) is 9.97 Å². The molecule has 2 aliphatic rings. The predicted octanol–water partition coefficient (Wildman–Crippen LogP) is 2.71. The summed E-state index contributed by atoms with van der Waals surface area (Å²) in [5.41, 5.74) is 2.13. The molecule has 6 heteroatoms. The Morgan fingerprint density at radius 3 is 2.55 bits per heavy atom. The van der Waals surface area contributed by atoms with Gasteiger partial charge in [-0.2, -0.15) is 0 Å². The van der Waals surface area contributed by atoms with Crippen LogP contribution in [0.2, 0.25) is 0 Å². The van der Waals surface area contributed by atoms with Crippen LogP contribution in [0.4, 0.5) is 5.95 Å². The Kier molecular flexibility index (Phi) is 6.39. The number of hydrogen-bond acceptors (Lipinski definition) is 5. The zero-order valence-electron chi connectivity index (χ0n) is 17.3. The summed E-state index contributed by atoms with van der Waals surface area (Å²) < 4.78 is 0. The zero-order valence-corrected chi connectivity index (χ0v) is 17.3. The van der Waals surface area contributed by atoms with Gasteiger partial charge in [0.2, 0.25) is 5.95 Å². The highest BCUT2D eigenvalue weighted by Crippen LogP contribution is 2.21. The quantitative estimate of drug-likeness (QED) is 0.782. The fourth-order valence-corrected chi connectivity index (χ4v) is 4.44. The van der Waals surface area contributed by atoms with E-state index in [1.54, 1.807) is 12.4 Å². The van der Waals surface area contributed by atoms with Crippen molar-refractivity contribution >= 4 is 11.9 Å². The average molecular weight is 394 g/mol. The van der Waals surface area contributed by atoms with Gasteiger partial charge in [-0.15, -0.1) is 0 Å². The van der Waals surface area contributed by atoms with Crippen molar-refractivity contribution in [3.05, 3.63) is 53.9 Å². The Morgan fingerprint density at radius 1 is 1.03 bits per heavy atom. The number of aromatic nitrogens is 2. The first-order valence-corrected chi connectivity index (χ1v) is 10.9. The molecular weight excluding hydrogens is 362 g/mol. The van der Waals surface area contributed by atoms with E-state index in [9.17, 15) is 4.79 Å². The molecule has 1 unspecified atom stereocenters. The van der Waals surface area contributed by atoms with Crippen LogP contribution in [-0.4, -0.2) is 71.5 Å². The van der Waals surface area contributed by atoms with E-state index in [1.807, 2.05) is 23.1 Å². The van der Waals surface area contributed by atoms with Crippen molar-refractivity contribution in [2.45, 2.75) is 26.2 Å². The third kappa shape index (κ3) is 4.93. The number of carbonyl (C=O) groups excluding carboxylic acids is 1. The van der Waals surface area contributed by atoms with Crippen LogP contribution in [-0.2, 0) is 6.42 Å². The molecule has 1 aromatic heterocycles. The number of anilines is 1. The summed E-state index contributed by atoms with van der Waals surface area (Å²) in [5.74, 6) is 1.62. The minimum absolute atomic E-state index is 0.130. The van der Waals surface area contributed by atoms with Crippen molar-refractivity contribution in [2.24, 2.45) is 5.92 Å². The standard InChI is InChI=1S/C23H31N5O/c1-2-26-14-9-20(18-26)17-19-5-7-21(8-6-19)22(29)27-12-4-13-28(16-15-27)23-24-10-3-11-25-23/h3,5-8,10-11,20H,2,4,9,12-18H2,1H3. The molecule has 2 saturated heterocycles. The Bertz CT molecular complexity index is 795. The Labute approximate surface area is 173 Å². The first-order chi connectivity index (χ1) is 14.2. The number of hydrogen-bond donors (Lipinski definition) is 0. The second-order valence-electron chi connectivity index (χ2n) is 8.13. The molecule has 4 rings (SSSR count). The fourth-order valence-electron chi connectivity index (χ4n) is 4.44. The van der Waals surface area contributed by atoms with Gasteiger partial charge < -0.3 is 14.7 Å². The van der Waals surface area contributed by atoms with E-state index in [0.717, 1.165) is 56.5 Å². The second kappa shape index (κ2) is 9.35. The maximum atomic E-state index is 13.0. The first-order valence-electron chi connectivity index (χ1n) is 10.9. The third-order valence-corrected chi connectivity index (χ3v) is 6.16. The van der Waals surface area contributed by atoms with E-state index in [4.69, 9.17) is 0 Å². The van der Waals surface area contributed by atoms with Gasteiger partial charge in [-0.05, 0) is 62.0 Å². The highest BCUT2D eigenvalue weighted by atomic mass is 16.2. The lowest BCUT2D eigenvalue weighted by molar-refractivity contribution is 0.0767. The highest BCUT2D eigenvalue weighted by molar-refractivity contribution is 5.94. The monoisotopic (exact) mass is 393 g/mol. The van der Waals surface area contributed by atoms with Crippen molar-refractivity contribution in [3.63, 3.8) is 0 Å². The molecule has 0 bridgehead atoms. The number of nitrogens with zero attached hydrogens (tertiary/aromatic N) is 5. The molecule has 6 nitrogen and oxygen atoms in total. The lowest BCUT2D eigenvalue weighted by Crippen LogP contribution is -2.35.